The van der Waals surface area contributed by atoms with Crippen LogP contribution in [0.3, 0.4) is 0 Å². The quantitative estimate of drug-likeness (QED) is 0.501. The number of H-pyrrole nitrogens is 1. The molecule has 0 aliphatic heterocycles. The summed E-state index contributed by atoms with van der Waals surface area (Å²) in [5.41, 5.74) is 2.44. The summed E-state index contributed by atoms with van der Waals surface area (Å²) in [5, 5.41) is 7.22. The molecular formula is C23H22FN5O2. The van der Waals surface area contributed by atoms with E-state index in [-0.39, 0.29) is 30.2 Å². The fraction of sp³-hybridized carbons (Fsp3) is 0.217. The van der Waals surface area contributed by atoms with E-state index >= 15 is 0 Å². The van der Waals surface area contributed by atoms with E-state index in [1.54, 1.807) is 18.2 Å². The molecule has 2 N–H and O–H groups in total. The molecule has 0 aliphatic rings. The lowest BCUT2D eigenvalue weighted by molar-refractivity contribution is -0.123. The lowest BCUT2D eigenvalue weighted by Gasteiger charge is -2.20. The molecule has 0 fully saturated rings. The third kappa shape index (κ3) is 4.53. The van der Waals surface area contributed by atoms with Crippen LogP contribution >= 0.6 is 0 Å². The summed E-state index contributed by atoms with van der Waals surface area (Å²) in [7, 11) is 0. The van der Waals surface area contributed by atoms with Crippen LogP contribution in [0.5, 0.6) is 0 Å². The number of hydrogen-bond acceptors (Lipinski definition) is 4. The Morgan fingerprint density at radius 1 is 1.10 bits per heavy atom. The van der Waals surface area contributed by atoms with Crippen molar-refractivity contribution in [3.05, 3.63) is 82.7 Å². The van der Waals surface area contributed by atoms with Crippen LogP contribution in [0.15, 0.2) is 65.5 Å². The molecule has 0 radical (unpaired) electrons. The second kappa shape index (κ2) is 8.51. The van der Waals surface area contributed by atoms with E-state index < -0.39 is 5.56 Å². The molecule has 7 nitrogen and oxygen atoms in total. The molecule has 1 atom stereocenters. The summed E-state index contributed by atoms with van der Waals surface area (Å²) in [6, 6.07) is 16.0. The summed E-state index contributed by atoms with van der Waals surface area (Å²) < 4.78 is 14.3. The van der Waals surface area contributed by atoms with Crippen molar-refractivity contribution in [3.8, 4) is 11.3 Å². The summed E-state index contributed by atoms with van der Waals surface area (Å²) in [6.07, 6.45) is 0. The zero-order chi connectivity index (χ0) is 22.0. The van der Waals surface area contributed by atoms with Gasteiger partial charge in [-0.25, -0.2) is 14.1 Å². The number of imidazole rings is 1. The first-order chi connectivity index (χ1) is 14.9. The van der Waals surface area contributed by atoms with Gasteiger partial charge < -0.3 is 10.3 Å². The highest BCUT2D eigenvalue weighted by Gasteiger charge is 2.22. The fourth-order valence-electron chi connectivity index (χ4n) is 3.36. The first-order valence-electron chi connectivity index (χ1n) is 9.99. The number of aromatic amines is 1. The molecule has 1 amide bonds. The highest BCUT2D eigenvalue weighted by atomic mass is 19.1. The van der Waals surface area contributed by atoms with Gasteiger partial charge in [0, 0.05) is 11.6 Å². The molecule has 31 heavy (non-hydrogen) atoms. The van der Waals surface area contributed by atoms with Crippen LogP contribution in [0.2, 0.25) is 0 Å². The topological polar surface area (TPSA) is 92.7 Å². The van der Waals surface area contributed by atoms with Gasteiger partial charge in [0.2, 0.25) is 5.91 Å². The molecular weight excluding hydrogens is 397 g/mol. The highest BCUT2D eigenvalue weighted by molar-refractivity contribution is 5.77. The van der Waals surface area contributed by atoms with E-state index in [4.69, 9.17) is 0 Å². The van der Waals surface area contributed by atoms with Gasteiger partial charge in [-0.3, -0.25) is 9.59 Å². The molecule has 0 bridgehead atoms. The normalized spacial score (nSPS) is 12.3. The predicted octanol–water partition coefficient (Wildman–Crippen LogP) is 3.44. The van der Waals surface area contributed by atoms with Gasteiger partial charge in [0.15, 0.2) is 0 Å². The second-order valence-electron chi connectivity index (χ2n) is 7.65. The minimum atomic E-state index is -0.397. The Kier molecular flexibility index (Phi) is 5.62. The van der Waals surface area contributed by atoms with Crippen LogP contribution in [0.1, 0.15) is 25.7 Å². The van der Waals surface area contributed by atoms with Crippen LogP contribution in [0.4, 0.5) is 4.39 Å². The number of amides is 1. The number of rotatable bonds is 6. The minimum Gasteiger partial charge on any atom is -0.344 e. The molecule has 0 unspecified atom stereocenters. The number of hydrogen-bond donors (Lipinski definition) is 2. The predicted molar refractivity (Wildman–Crippen MR) is 116 cm³/mol. The number of halogens is 1. The molecule has 2 heterocycles. The largest absolute Gasteiger partial charge is 0.344 e. The van der Waals surface area contributed by atoms with Gasteiger partial charge in [0.05, 0.1) is 22.8 Å². The molecule has 8 heteroatoms. The Hall–Kier alpha value is -3.81. The Morgan fingerprint density at radius 3 is 2.55 bits per heavy atom. The van der Waals surface area contributed by atoms with Crippen molar-refractivity contribution < 1.29 is 9.18 Å². The van der Waals surface area contributed by atoms with E-state index in [0.29, 0.717) is 17.1 Å². The van der Waals surface area contributed by atoms with Gasteiger partial charge in [-0.15, -0.1) is 0 Å². The molecule has 4 aromatic rings. The Balaban J connectivity index is 1.54. The molecule has 0 spiro atoms. The van der Waals surface area contributed by atoms with E-state index in [9.17, 15) is 14.0 Å². The zero-order valence-electron chi connectivity index (χ0n) is 17.2. The molecule has 2 aromatic carbocycles. The first kappa shape index (κ1) is 20.5. The van der Waals surface area contributed by atoms with E-state index in [2.05, 4.69) is 20.4 Å². The van der Waals surface area contributed by atoms with Gasteiger partial charge in [0.25, 0.3) is 5.56 Å². The Labute approximate surface area is 178 Å². The number of fused-ring (bicyclic) bond motifs is 1. The SMILES string of the molecule is CC(C)[C@@H](NC(=O)Cn1nc(-c2ccc(F)cc2)ccc1=O)c1nc2ccccc2[nH]1. The maximum absolute atomic E-state index is 13.2. The van der Waals surface area contributed by atoms with Crippen molar-refractivity contribution in [2.45, 2.75) is 26.4 Å². The van der Waals surface area contributed by atoms with E-state index in [1.165, 1.54) is 18.2 Å². The number of aromatic nitrogens is 4. The van der Waals surface area contributed by atoms with Crippen LogP contribution in [0, 0.1) is 11.7 Å². The standard InChI is InChI=1S/C23H22FN5O2/c1-14(2)22(23-25-18-5-3-4-6-19(18)26-23)27-20(30)13-29-21(31)12-11-17(28-29)15-7-9-16(24)10-8-15/h3-12,14,22H,13H2,1-2H3,(H,25,26)(H,27,30)/t22-/m1/s1. The Morgan fingerprint density at radius 2 is 1.84 bits per heavy atom. The van der Waals surface area contributed by atoms with Crippen molar-refractivity contribution in [2.24, 2.45) is 5.92 Å². The van der Waals surface area contributed by atoms with Crippen LogP contribution in [0.25, 0.3) is 22.3 Å². The minimum absolute atomic E-state index is 0.0692. The summed E-state index contributed by atoms with van der Waals surface area (Å²) >= 11 is 0. The Bertz CT molecular complexity index is 1240. The summed E-state index contributed by atoms with van der Waals surface area (Å²) in [4.78, 5) is 32.8. The second-order valence-corrected chi connectivity index (χ2v) is 7.65. The van der Waals surface area contributed by atoms with Crippen molar-refractivity contribution in [3.63, 3.8) is 0 Å². The van der Waals surface area contributed by atoms with Gasteiger partial charge in [0.1, 0.15) is 18.2 Å². The number of benzene rings is 2. The molecule has 158 valence electrons. The third-order valence-corrected chi connectivity index (χ3v) is 4.99. The van der Waals surface area contributed by atoms with Gasteiger partial charge in [-0.05, 0) is 48.4 Å². The van der Waals surface area contributed by atoms with E-state index in [0.717, 1.165) is 15.7 Å². The molecule has 2 aromatic heterocycles. The summed E-state index contributed by atoms with van der Waals surface area (Å²) in [6.45, 7) is 3.73. The van der Waals surface area contributed by atoms with Crippen molar-refractivity contribution in [1.29, 1.82) is 0 Å². The number of carbonyl (C=O) groups is 1. The first-order valence-corrected chi connectivity index (χ1v) is 9.99. The summed E-state index contributed by atoms with van der Waals surface area (Å²) in [5.74, 6) is 0.0106. The number of nitrogens with zero attached hydrogens (tertiary/aromatic N) is 3. The van der Waals surface area contributed by atoms with Crippen LogP contribution in [-0.4, -0.2) is 25.7 Å². The fourth-order valence-corrected chi connectivity index (χ4v) is 3.36. The maximum Gasteiger partial charge on any atom is 0.267 e. The lowest BCUT2D eigenvalue weighted by Crippen LogP contribution is -2.37. The van der Waals surface area contributed by atoms with Gasteiger partial charge >= 0.3 is 0 Å². The number of nitrogens with one attached hydrogen (secondary N) is 2. The molecule has 0 saturated heterocycles. The molecule has 4 rings (SSSR count). The van der Waals surface area contributed by atoms with Crippen molar-refractivity contribution >= 4 is 16.9 Å². The van der Waals surface area contributed by atoms with Crippen molar-refractivity contribution in [2.75, 3.05) is 0 Å². The van der Waals surface area contributed by atoms with Crippen LogP contribution in [-0.2, 0) is 11.3 Å². The number of para-hydroxylation sites is 2. The zero-order valence-corrected chi connectivity index (χ0v) is 17.2. The van der Waals surface area contributed by atoms with Gasteiger partial charge in [-0.1, -0.05) is 26.0 Å². The monoisotopic (exact) mass is 419 g/mol. The number of carbonyl (C=O) groups excluding carboxylic acids is 1. The van der Waals surface area contributed by atoms with Gasteiger partial charge in [-0.2, -0.15) is 5.10 Å². The average Bonchev–Trinajstić information content (AvgIpc) is 3.18. The van der Waals surface area contributed by atoms with E-state index in [1.807, 2.05) is 38.1 Å². The average molecular weight is 419 g/mol. The third-order valence-electron chi connectivity index (χ3n) is 4.99. The van der Waals surface area contributed by atoms with Crippen LogP contribution < -0.4 is 10.9 Å². The smallest absolute Gasteiger partial charge is 0.267 e. The lowest BCUT2D eigenvalue weighted by atomic mass is 10.0. The molecule has 0 saturated carbocycles. The maximum atomic E-state index is 13.2. The highest BCUT2D eigenvalue weighted by Crippen LogP contribution is 2.22. The van der Waals surface area contributed by atoms with Crippen molar-refractivity contribution in [1.82, 2.24) is 25.1 Å². The molecule has 0 aliphatic carbocycles.